The van der Waals surface area contributed by atoms with Crippen molar-refractivity contribution >= 4 is 22.6 Å². The summed E-state index contributed by atoms with van der Waals surface area (Å²) in [5.74, 6) is -0.322. The topological polar surface area (TPSA) is 20.2 Å². The number of halogens is 2. The largest absolute Gasteiger partial charge is 0.384 e. The normalized spacial score (nSPS) is 12.5. The minimum atomic E-state index is -0.785. The zero-order valence-electron chi connectivity index (χ0n) is 10.2. The van der Waals surface area contributed by atoms with Gasteiger partial charge < -0.3 is 5.11 Å². The summed E-state index contributed by atoms with van der Waals surface area (Å²) in [6, 6.07) is 10.3. The van der Waals surface area contributed by atoms with Gasteiger partial charge in [-0.05, 0) is 70.8 Å². The minimum absolute atomic E-state index is 0.322. The van der Waals surface area contributed by atoms with Crippen LogP contribution in [0.1, 0.15) is 28.4 Å². The molecule has 3 heteroatoms. The second-order valence-electron chi connectivity index (χ2n) is 4.38. The molecule has 0 saturated carbocycles. The van der Waals surface area contributed by atoms with Crippen molar-refractivity contribution in [2.45, 2.75) is 20.0 Å². The Labute approximate surface area is 120 Å². The molecule has 18 heavy (non-hydrogen) atoms. The Hall–Kier alpha value is -0.940. The first-order valence-corrected chi connectivity index (χ1v) is 6.77. The highest BCUT2D eigenvalue weighted by atomic mass is 127. The number of hydrogen-bond donors (Lipinski definition) is 1. The van der Waals surface area contributed by atoms with Gasteiger partial charge in [0.05, 0.1) is 0 Å². The van der Waals surface area contributed by atoms with Crippen molar-refractivity contribution in [2.75, 3.05) is 0 Å². The zero-order chi connectivity index (χ0) is 13.3. The first-order chi connectivity index (χ1) is 8.50. The summed E-state index contributed by atoms with van der Waals surface area (Å²) in [5.41, 5.74) is 3.45. The fourth-order valence-electron chi connectivity index (χ4n) is 1.95. The molecule has 0 aliphatic heterocycles. The van der Waals surface area contributed by atoms with E-state index >= 15 is 0 Å². The third kappa shape index (κ3) is 2.57. The Bertz CT molecular complexity index is 579. The van der Waals surface area contributed by atoms with Crippen LogP contribution in [0.5, 0.6) is 0 Å². The molecule has 1 unspecified atom stereocenters. The number of aliphatic hydroxyl groups excluding tert-OH is 1. The van der Waals surface area contributed by atoms with Crippen molar-refractivity contribution in [3.8, 4) is 0 Å². The lowest BCUT2D eigenvalue weighted by Gasteiger charge is -2.17. The number of aryl methyl sites for hydroxylation is 2. The van der Waals surface area contributed by atoms with E-state index in [-0.39, 0.29) is 5.82 Å². The lowest BCUT2D eigenvalue weighted by atomic mass is 9.96. The van der Waals surface area contributed by atoms with E-state index in [9.17, 15) is 9.50 Å². The van der Waals surface area contributed by atoms with Crippen LogP contribution in [0.15, 0.2) is 36.4 Å². The first-order valence-electron chi connectivity index (χ1n) is 5.70. The van der Waals surface area contributed by atoms with Gasteiger partial charge in [0, 0.05) is 3.57 Å². The minimum Gasteiger partial charge on any atom is -0.384 e. The molecule has 2 rings (SSSR count). The van der Waals surface area contributed by atoms with Gasteiger partial charge in [-0.15, -0.1) is 0 Å². The standard InChI is InChI=1S/C15H14FIO/c1-9-6-7-11(16)8-13(9)15(18)12-5-3-4-10(2)14(12)17/h3-8,15,18H,1-2H3. The van der Waals surface area contributed by atoms with E-state index in [1.807, 2.05) is 32.0 Å². The van der Waals surface area contributed by atoms with E-state index < -0.39 is 6.10 Å². The van der Waals surface area contributed by atoms with E-state index in [1.165, 1.54) is 12.1 Å². The van der Waals surface area contributed by atoms with Gasteiger partial charge >= 0.3 is 0 Å². The Morgan fingerprint density at radius 1 is 1.06 bits per heavy atom. The van der Waals surface area contributed by atoms with Gasteiger partial charge in [-0.3, -0.25) is 0 Å². The third-order valence-electron chi connectivity index (χ3n) is 3.05. The second-order valence-corrected chi connectivity index (χ2v) is 5.46. The second kappa shape index (κ2) is 5.36. The molecule has 0 aromatic heterocycles. The average molecular weight is 356 g/mol. The highest BCUT2D eigenvalue weighted by molar-refractivity contribution is 14.1. The SMILES string of the molecule is Cc1ccc(F)cc1C(O)c1cccc(C)c1I. The molecular weight excluding hydrogens is 342 g/mol. The van der Waals surface area contributed by atoms with Crippen molar-refractivity contribution in [3.05, 3.63) is 68.0 Å². The molecule has 0 heterocycles. The molecule has 0 saturated heterocycles. The summed E-state index contributed by atoms with van der Waals surface area (Å²) in [6.07, 6.45) is -0.785. The summed E-state index contributed by atoms with van der Waals surface area (Å²) >= 11 is 2.21. The van der Waals surface area contributed by atoms with E-state index in [0.29, 0.717) is 5.56 Å². The maximum Gasteiger partial charge on any atom is 0.123 e. The van der Waals surface area contributed by atoms with Crippen LogP contribution in [0.2, 0.25) is 0 Å². The van der Waals surface area contributed by atoms with Gasteiger partial charge in [0.25, 0.3) is 0 Å². The van der Waals surface area contributed by atoms with Crippen molar-refractivity contribution < 1.29 is 9.50 Å². The van der Waals surface area contributed by atoms with Crippen molar-refractivity contribution in [2.24, 2.45) is 0 Å². The van der Waals surface area contributed by atoms with Crippen LogP contribution in [0.25, 0.3) is 0 Å². The Morgan fingerprint density at radius 2 is 1.78 bits per heavy atom. The first kappa shape index (κ1) is 13.5. The highest BCUT2D eigenvalue weighted by Crippen LogP contribution is 2.30. The number of rotatable bonds is 2. The molecule has 0 radical (unpaired) electrons. The third-order valence-corrected chi connectivity index (χ3v) is 4.53. The Balaban J connectivity index is 2.51. The summed E-state index contributed by atoms with van der Waals surface area (Å²) in [4.78, 5) is 0. The predicted molar refractivity (Wildman–Crippen MR) is 79.1 cm³/mol. The number of aliphatic hydroxyl groups is 1. The molecule has 1 atom stereocenters. The molecule has 0 aliphatic rings. The van der Waals surface area contributed by atoms with Gasteiger partial charge in [0.15, 0.2) is 0 Å². The van der Waals surface area contributed by atoms with Crippen LogP contribution in [-0.4, -0.2) is 5.11 Å². The molecule has 2 aromatic carbocycles. The zero-order valence-corrected chi connectivity index (χ0v) is 12.4. The summed E-state index contributed by atoms with van der Waals surface area (Å²) in [7, 11) is 0. The molecule has 2 aromatic rings. The molecule has 0 aliphatic carbocycles. The van der Waals surface area contributed by atoms with Gasteiger partial charge in [0.1, 0.15) is 11.9 Å². The molecular formula is C15H14FIO. The van der Waals surface area contributed by atoms with Gasteiger partial charge in [0.2, 0.25) is 0 Å². The predicted octanol–water partition coefficient (Wildman–Crippen LogP) is 4.13. The van der Waals surface area contributed by atoms with Gasteiger partial charge in [-0.25, -0.2) is 4.39 Å². The van der Waals surface area contributed by atoms with Gasteiger partial charge in [-0.2, -0.15) is 0 Å². The fourth-order valence-corrected chi connectivity index (χ4v) is 2.61. The molecule has 0 fully saturated rings. The fraction of sp³-hybridized carbons (Fsp3) is 0.200. The van der Waals surface area contributed by atoms with E-state index in [1.54, 1.807) is 6.07 Å². The van der Waals surface area contributed by atoms with Crippen LogP contribution in [0.4, 0.5) is 4.39 Å². The quantitative estimate of drug-likeness (QED) is 0.803. The lowest BCUT2D eigenvalue weighted by molar-refractivity contribution is 0.218. The molecule has 94 valence electrons. The maximum atomic E-state index is 13.3. The summed E-state index contributed by atoms with van der Waals surface area (Å²) in [6.45, 7) is 3.87. The lowest BCUT2D eigenvalue weighted by Crippen LogP contribution is -2.05. The smallest absolute Gasteiger partial charge is 0.123 e. The van der Waals surface area contributed by atoms with Crippen molar-refractivity contribution in [1.82, 2.24) is 0 Å². The average Bonchev–Trinajstić information content (AvgIpc) is 2.35. The molecule has 0 amide bonds. The Morgan fingerprint density at radius 3 is 2.50 bits per heavy atom. The van der Waals surface area contributed by atoms with Crippen LogP contribution in [0, 0.1) is 23.2 Å². The van der Waals surface area contributed by atoms with E-state index in [2.05, 4.69) is 22.6 Å². The maximum absolute atomic E-state index is 13.3. The molecule has 0 spiro atoms. The van der Waals surface area contributed by atoms with E-state index in [0.717, 1.165) is 20.3 Å². The van der Waals surface area contributed by atoms with Crippen molar-refractivity contribution in [1.29, 1.82) is 0 Å². The van der Waals surface area contributed by atoms with Crippen molar-refractivity contribution in [3.63, 3.8) is 0 Å². The Kier molecular flexibility index (Phi) is 4.02. The van der Waals surface area contributed by atoms with Crippen LogP contribution in [-0.2, 0) is 0 Å². The number of hydrogen-bond acceptors (Lipinski definition) is 1. The van der Waals surface area contributed by atoms with E-state index in [4.69, 9.17) is 0 Å². The summed E-state index contributed by atoms with van der Waals surface area (Å²) in [5, 5.41) is 10.4. The summed E-state index contributed by atoms with van der Waals surface area (Å²) < 4.78 is 14.3. The highest BCUT2D eigenvalue weighted by Gasteiger charge is 2.17. The monoisotopic (exact) mass is 356 g/mol. The van der Waals surface area contributed by atoms with Crippen LogP contribution >= 0.6 is 22.6 Å². The van der Waals surface area contributed by atoms with Crippen LogP contribution in [0.3, 0.4) is 0 Å². The number of benzene rings is 2. The molecule has 1 nitrogen and oxygen atoms in total. The van der Waals surface area contributed by atoms with Crippen LogP contribution < -0.4 is 0 Å². The molecule has 1 N–H and O–H groups in total. The van der Waals surface area contributed by atoms with Gasteiger partial charge in [-0.1, -0.05) is 24.3 Å². The molecule has 0 bridgehead atoms.